The second-order valence-electron chi connectivity index (χ2n) is 4.23. The molecule has 0 atom stereocenters. The molecule has 1 aromatic carbocycles. The van der Waals surface area contributed by atoms with E-state index >= 15 is 0 Å². The molecule has 1 aromatic heterocycles. The number of sulfonamides is 1. The fourth-order valence-corrected chi connectivity index (χ4v) is 2.57. The van der Waals surface area contributed by atoms with Crippen LogP contribution in [0.4, 0.5) is 5.69 Å². The van der Waals surface area contributed by atoms with Gasteiger partial charge in [-0.15, -0.1) is 0 Å². The zero-order valence-electron chi connectivity index (χ0n) is 11.5. The molecule has 2 rings (SSSR count). The fraction of sp³-hybridized carbons (Fsp3) is 0.0769. The molecule has 114 valence electrons. The Balaban J connectivity index is 2.13. The van der Waals surface area contributed by atoms with Gasteiger partial charge in [-0.25, -0.2) is 18.1 Å². The summed E-state index contributed by atoms with van der Waals surface area (Å²) >= 11 is 0. The number of hydrogen-bond acceptors (Lipinski definition) is 6. The molecule has 0 fully saturated rings. The SMILES string of the molecule is CC(=O)NS(=O)(=O)c1ccc(NC(=O)c2cnccn2)cc1. The summed E-state index contributed by atoms with van der Waals surface area (Å²) in [6.07, 6.45) is 4.14. The molecule has 2 aromatic rings. The highest BCUT2D eigenvalue weighted by Gasteiger charge is 2.15. The Kier molecular flexibility index (Phi) is 4.47. The van der Waals surface area contributed by atoms with Gasteiger partial charge in [0.05, 0.1) is 11.1 Å². The minimum absolute atomic E-state index is 0.0831. The van der Waals surface area contributed by atoms with E-state index < -0.39 is 21.8 Å². The summed E-state index contributed by atoms with van der Waals surface area (Å²) in [5.41, 5.74) is 0.523. The minimum Gasteiger partial charge on any atom is -0.321 e. The molecule has 0 unspecified atom stereocenters. The summed E-state index contributed by atoms with van der Waals surface area (Å²) in [6.45, 7) is 1.10. The van der Waals surface area contributed by atoms with Gasteiger partial charge in [-0.1, -0.05) is 0 Å². The zero-order chi connectivity index (χ0) is 16.2. The molecule has 2 amide bonds. The van der Waals surface area contributed by atoms with Crippen molar-refractivity contribution in [3.8, 4) is 0 Å². The van der Waals surface area contributed by atoms with Crippen LogP contribution in [0.5, 0.6) is 0 Å². The van der Waals surface area contributed by atoms with Gasteiger partial charge in [0.25, 0.3) is 15.9 Å². The molecule has 2 N–H and O–H groups in total. The second kappa shape index (κ2) is 6.31. The predicted molar refractivity (Wildman–Crippen MR) is 77.4 cm³/mol. The van der Waals surface area contributed by atoms with Gasteiger partial charge in [0, 0.05) is 25.0 Å². The normalized spacial score (nSPS) is 10.8. The lowest BCUT2D eigenvalue weighted by Gasteiger charge is -2.07. The monoisotopic (exact) mass is 320 g/mol. The molecule has 9 heteroatoms. The Morgan fingerprint density at radius 1 is 1.09 bits per heavy atom. The van der Waals surface area contributed by atoms with Gasteiger partial charge in [-0.2, -0.15) is 0 Å². The Hall–Kier alpha value is -2.81. The summed E-state index contributed by atoms with van der Waals surface area (Å²) in [7, 11) is -3.89. The average molecular weight is 320 g/mol. The van der Waals surface area contributed by atoms with E-state index in [1.807, 2.05) is 4.72 Å². The molecule has 0 radical (unpaired) electrons. The predicted octanol–water partition coefficient (Wildman–Crippen LogP) is 0.554. The standard InChI is InChI=1S/C13H12N4O4S/c1-9(18)17-22(20,21)11-4-2-10(3-5-11)16-13(19)12-8-14-6-7-15-12/h2-8H,1H3,(H,16,19)(H,17,18). The highest BCUT2D eigenvalue weighted by molar-refractivity contribution is 7.90. The number of nitrogens with zero attached hydrogens (tertiary/aromatic N) is 2. The molecule has 0 aliphatic heterocycles. The minimum atomic E-state index is -3.89. The molecule has 22 heavy (non-hydrogen) atoms. The first-order chi connectivity index (χ1) is 10.4. The quantitative estimate of drug-likeness (QED) is 0.849. The number of anilines is 1. The molecular formula is C13H12N4O4S. The highest BCUT2D eigenvalue weighted by Crippen LogP contribution is 2.14. The van der Waals surface area contributed by atoms with Crippen LogP contribution in [-0.2, 0) is 14.8 Å². The summed E-state index contributed by atoms with van der Waals surface area (Å²) in [5, 5.41) is 2.55. The summed E-state index contributed by atoms with van der Waals surface area (Å²) in [6, 6.07) is 5.36. The van der Waals surface area contributed by atoms with Gasteiger partial charge in [0.1, 0.15) is 5.69 Å². The van der Waals surface area contributed by atoms with E-state index in [0.29, 0.717) is 5.69 Å². The number of carbonyl (C=O) groups excluding carboxylic acids is 2. The summed E-state index contributed by atoms with van der Waals surface area (Å²) in [5.74, 6) is -1.15. The fourth-order valence-electron chi connectivity index (χ4n) is 1.58. The molecule has 0 saturated heterocycles. The third-order valence-electron chi connectivity index (χ3n) is 2.50. The van der Waals surface area contributed by atoms with Crippen molar-refractivity contribution < 1.29 is 18.0 Å². The summed E-state index contributed by atoms with van der Waals surface area (Å²) in [4.78, 5) is 30.2. The van der Waals surface area contributed by atoms with Crippen LogP contribution in [0.25, 0.3) is 0 Å². The van der Waals surface area contributed by atoms with Crippen LogP contribution in [-0.4, -0.2) is 30.2 Å². The first-order valence-corrected chi connectivity index (χ1v) is 7.57. The van der Waals surface area contributed by atoms with Gasteiger partial charge >= 0.3 is 0 Å². The molecule has 0 saturated carbocycles. The number of rotatable bonds is 4. The van der Waals surface area contributed by atoms with E-state index in [2.05, 4.69) is 15.3 Å². The molecule has 0 bridgehead atoms. The van der Waals surface area contributed by atoms with Crippen molar-refractivity contribution in [2.45, 2.75) is 11.8 Å². The molecule has 0 aliphatic rings. The number of nitrogens with one attached hydrogen (secondary N) is 2. The Morgan fingerprint density at radius 3 is 2.32 bits per heavy atom. The largest absolute Gasteiger partial charge is 0.321 e. The Labute approximate surface area is 126 Å². The molecule has 0 spiro atoms. The van der Waals surface area contributed by atoms with E-state index in [0.717, 1.165) is 6.92 Å². The topological polar surface area (TPSA) is 118 Å². The lowest BCUT2D eigenvalue weighted by Crippen LogP contribution is -2.28. The lowest BCUT2D eigenvalue weighted by molar-refractivity contribution is -0.117. The first-order valence-electron chi connectivity index (χ1n) is 6.09. The lowest BCUT2D eigenvalue weighted by atomic mass is 10.3. The van der Waals surface area contributed by atoms with Crippen LogP contribution < -0.4 is 10.0 Å². The smallest absolute Gasteiger partial charge is 0.275 e. The third-order valence-corrected chi connectivity index (χ3v) is 3.95. The van der Waals surface area contributed by atoms with Crippen molar-refractivity contribution in [3.05, 3.63) is 48.5 Å². The maximum absolute atomic E-state index is 11.9. The second-order valence-corrected chi connectivity index (χ2v) is 5.91. The van der Waals surface area contributed by atoms with Gasteiger partial charge in [-0.05, 0) is 24.3 Å². The number of benzene rings is 1. The van der Waals surface area contributed by atoms with Gasteiger partial charge < -0.3 is 5.32 Å². The molecule has 1 heterocycles. The van der Waals surface area contributed by atoms with Crippen LogP contribution in [0.3, 0.4) is 0 Å². The van der Waals surface area contributed by atoms with E-state index in [4.69, 9.17) is 0 Å². The van der Waals surface area contributed by atoms with Gasteiger partial charge in [0.15, 0.2) is 0 Å². The van der Waals surface area contributed by atoms with Crippen LogP contribution >= 0.6 is 0 Å². The van der Waals surface area contributed by atoms with Crippen molar-refractivity contribution in [1.29, 1.82) is 0 Å². The van der Waals surface area contributed by atoms with E-state index in [1.54, 1.807) is 0 Å². The van der Waals surface area contributed by atoms with Crippen molar-refractivity contribution >= 4 is 27.5 Å². The van der Waals surface area contributed by atoms with Crippen LogP contribution in [0.1, 0.15) is 17.4 Å². The van der Waals surface area contributed by atoms with Crippen molar-refractivity contribution in [1.82, 2.24) is 14.7 Å². The Bertz CT molecular complexity index is 789. The number of carbonyl (C=O) groups is 2. The van der Waals surface area contributed by atoms with Crippen LogP contribution in [0.15, 0.2) is 47.8 Å². The highest BCUT2D eigenvalue weighted by atomic mass is 32.2. The zero-order valence-corrected chi connectivity index (χ0v) is 12.3. The maximum atomic E-state index is 11.9. The van der Waals surface area contributed by atoms with Crippen LogP contribution in [0.2, 0.25) is 0 Å². The molecule has 8 nitrogen and oxygen atoms in total. The van der Waals surface area contributed by atoms with Crippen molar-refractivity contribution in [3.63, 3.8) is 0 Å². The van der Waals surface area contributed by atoms with Crippen molar-refractivity contribution in [2.24, 2.45) is 0 Å². The number of aromatic nitrogens is 2. The van der Waals surface area contributed by atoms with Gasteiger partial charge in [0.2, 0.25) is 5.91 Å². The van der Waals surface area contributed by atoms with E-state index in [9.17, 15) is 18.0 Å². The van der Waals surface area contributed by atoms with Gasteiger partial charge in [-0.3, -0.25) is 14.6 Å². The third kappa shape index (κ3) is 3.85. The van der Waals surface area contributed by atoms with Crippen LogP contribution in [0, 0.1) is 0 Å². The van der Waals surface area contributed by atoms with E-state index in [1.165, 1.54) is 42.9 Å². The van der Waals surface area contributed by atoms with Crippen molar-refractivity contribution in [2.75, 3.05) is 5.32 Å². The maximum Gasteiger partial charge on any atom is 0.275 e. The molecular weight excluding hydrogens is 308 g/mol. The number of amides is 2. The molecule has 0 aliphatic carbocycles. The first kappa shape index (κ1) is 15.6. The number of hydrogen-bond donors (Lipinski definition) is 2. The Morgan fingerprint density at radius 2 is 1.77 bits per heavy atom. The summed E-state index contributed by atoms with van der Waals surface area (Å²) < 4.78 is 25.4. The van der Waals surface area contributed by atoms with E-state index in [-0.39, 0.29) is 10.6 Å². The average Bonchev–Trinajstić information content (AvgIpc) is 2.47.